The molecule has 3 atom stereocenters. The SMILES string of the molecule is O=C1OC[C@@H]2C[C@H]1C[C@H]2CC(F)(F)C(F)(F)Cl. The highest BCUT2D eigenvalue weighted by Gasteiger charge is 2.58. The van der Waals surface area contributed by atoms with E-state index in [1.807, 2.05) is 0 Å². The highest BCUT2D eigenvalue weighted by molar-refractivity contribution is 6.22. The van der Waals surface area contributed by atoms with E-state index < -0.39 is 35.5 Å². The molecule has 0 spiro atoms. The number of cyclic esters (lactones) is 1. The summed E-state index contributed by atoms with van der Waals surface area (Å²) in [5, 5.41) is -4.55. The lowest BCUT2D eigenvalue weighted by Crippen LogP contribution is -2.38. The molecule has 1 aliphatic heterocycles. The molecule has 0 radical (unpaired) electrons. The minimum Gasteiger partial charge on any atom is -0.465 e. The summed E-state index contributed by atoms with van der Waals surface area (Å²) < 4.78 is 56.0. The lowest BCUT2D eigenvalue weighted by Gasteiger charge is -2.26. The third-order valence-corrected chi connectivity index (χ3v) is 3.82. The summed E-state index contributed by atoms with van der Waals surface area (Å²) >= 11 is 4.39. The summed E-state index contributed by atoms with van der Waals surface area (Å²) in [4.78, 5) is 11.2. The summed E-state index contributed by atoms with van der Waals surface area (Å²) in [7, 11) is 0. The van der Waals surface area contributed by atoms with E-state index in [9.17, 15) is 22.4 Å². The van der Waals surface area contributed by atoms with Crippen molar-refractivity contribution in [3.8, 4) is 0 Å². The van der Waals surface area contributed by atoms with Crippen LogP contribution in [0.2, 0.25) is 0 Å². The molecule has 17 heavy (non-hydrogen) atoms. The summed E-state index contributed by atoms with van der Waals surface area (Å²) in [5.74, 6) is -5.96. The largest absolute Gasteiger partial charge is 0.465 e. The van der Waals surface area contributed by atoms with E-state index in [2.05, 4.69) is 11.6 Å². The van der Waals surface area contributed by atoms with Crippen molar-refractivity contribution in [1.82, 2.24) is 0 Å². The number of hydrogen-bond donors (Lipinski definition) is 0. The zero-order valence-corrected chi connectivity index (χ0v) is 9.52. The maximum Gasteiger partial charge on any atom is 0.384 e. The van der Waals surface area contributed by atoms with E-state index in [1.165, 1.54) is 0 Å². The van der Waals surface area contributed by atoms with Gasteiger partial charge in [0.05, 0.1) is 12.5 Å². The van der Waals surface area contributed by atoms with Crippen LogP contribution in [0.15, 0.2) is 0 Å². The van der Waals surface area contributed by atoms with Gasteiger partial charge in [0.15, 0.2) is 0 Å². The van der Waals surface area contributed by atoms with Crippen LogP contribution in [-0.2, 0) is 9.53 Å². The van der Waals surface area contributed by atoms with Crippen LogP contribution in [-0.4, -0.2) is 23.9 Å². The van der Waals surface area contributed by atoms with Gasteiger partial charge in [0.1, 0.15) is 0 Å². The van der Waals surface area contributed by atoms with Gasteiger partial charge in [-0.1, -0.05) is 0 Å². The van der Waals surface area contributed by atoms with Gasteiger partial charge in [-0.05, 0) is 36.3 Å². The molecule has 0 aromatic heterocycles. The molecule has 0 unspecified atom stereocenters. The average molecular weight is 275 g/mol. The fourth-order valence-corrected chi connectivity index (χ4v) is 2.69. The second-order valence-electron chi connectivity index (χ2n) is 4.72. The monoisotopic (exact) mass is 274 g/mol. The van der Waals surface area contributed by atoms with Gasteiger partial charge in [-0.2, -0.15) is 17.6 Å². The fourth-order valence-electron chi connectivity index (χ4n) is 2.61. The number of ether oxygens (including phenoxy) is 1. The first-order chi connectivity index (χ1) is 7.71. The van der Waals surface area contributed by atoms with Crippen molar-refractivity contribution in [2.24, 2.45) is 17.8 Å². The van der Waals surface area contributed by atoms with Crippen LogP contribution >= 0.6 is 11.6 Å². The van der Waals surface area contributed by atoms with E-state index >= 15 is 0 Å². The van der Waals surface area contributed by atoms with Crippen molar-refractivity contribution in [2.75, 3.05) is 6.61 Å². The van der Waals surface area contributed by atoms with E-state index in [4.69, 9.17) is 4.74 Å². The molecule has 98 valence electrons. The predicted molar refractivity (Wildman–Crippen MR) is 51.0 cm³/mol. The molecule has 1 saturated heterocycles. The minimum atomic E-state index is -4.55. The Bertz CT molecular complexity index is 329. The molecular weight excluding hydrogens is 264 g/mol. The molecule has 1 saturated carbocycles. The number of halogens is 5. The molecule has 0 aromatic rings. The van der Waals surface area contributed by atoms with E-state index in [0.717, 1.165) is 0 Å². The number of rotatable bonds is 3. The second-order valence-corrected chi connectivity index (χ2v) is 5.20. The number of carbonyl (C=O) groups is 1. The maximum atomic E-state index is 13.1. The highest BCUT2D eigenvalue weighted by Crippen LogP contribution is 2.49. The maximum absolute atomic E-state index is 13.1. The van der Waals surface area contributed by atoms with Gasteiger partial charge in [-0.25, -0.2) is 0 Å². The van der Waals surface area contributed by atoms with Crippen molar-refractivity contribution >= 4 is 17.6 Å². The first kappa shape index (κ1) is 12.9. The zero-order chi connectivity index (χ0) is 12.8. The lowest BCUT2D eigenvalue weighted by molar-refractivity contribution is -0.170. The van der Waals surface area contributed by atoms with Crippen molar-refractivity contribution < 1.29 is 27.1 Å². The number of fused-ring (bicyclic) bond motifs is 2. The van der Waals surface area contributed by atoms with Crippen molar-refractivity contribution in [3.63, 3.8) is 0 Å². The highest BCUT2D eigenvalue weighted by atomic mass is 35.5. The Hall–Kier alpha value is -0.520. The van der Waals surface area contributed by atoms with Crippen LogP contribution in [0.3, 0.4) is 0 Å². The number of carbonyl (C=O) groups excluding carboxylic acids is 1. The third-order valence-electron chi connectivity index (χ3n) is 3.55. The lowest BCUT2D eigenvalue weighted by atomic mass is 9.91. The van der Waals surface area contributed by atoms with E-state index in [-0.39, 0.29) is 18.9 Å². The van der Waals surface area contributed by atoms with E-state index in [1.54, 1.807) is 0 Å². The van der Waals surface area contributed by atoms with Crippen molar-refractivity contribution in [2.45, 2.75) is 30.6 Å². The normalized spacial score (nSPS) is 33.7. The Balaban J connectivity index is 2.04. The molecular formula is C10H11ClF4O2. The van der Waals surface area contributed by atoms with Crippen LogP contribution in [0.4, 0.5) is 17.6 Å². The molecule has 1 aliphatic carbocycles. The second kappa shape index (κ2) is 4.00. The first-order valence-corrected chi connectivity index (χ1v) is 5.69. The van der Waals surface area contributed by atoms with Crippen LogP contribution in [0.5, 0.6) is 0 Å². The predicted octanol–water partition coefficient (Wildman–Crippen LogP) is 3.04. The molecule has 2 aliphatic rings. The summed E-state index contributed by atoms with van der Waals surface area (Å²) in [5.41, 5.74) is 0. The first-order valence-electron chi connectivity index (χ1n) is 5.32. The van der Waals surface area contributed by atoms with Crippen molar-refractivity contribution in [1.29, 1.82) is 0 Å². The molecule has 2 bridgehead atoms. The van der Waals surface area contributed by atoms with Gasteiger partial charge in [-0.3, -0.25) is 4.79 Å². The Morgan fingerprint density at radius 1 is 1.29 bits per heavy atom. The quantitative estimate of drug-likeness (QED) is 0.449. The smallest absolute Gasteiger partial charge is 0.384 e. The van der Waals surface area contributed by atoms with Gasteiger partial charge in [-0.15, -0.1) is 0 Å². The topological polar surface area (TPSA) is 26.3 Å². The summed E-state index contributed by atoms with van der Waals surface area (Å²) in [6, 6.07) is 0. The number of esters is 1. The minimum absolute atomic E-state index is 0.0456. The van der Waals surface area contributed by atoms with Gasteiger partial charge < -0.3 is 4.74 Å². The van der Waals surface area contributed by atoms with Crippen LogP contribution < -0.4 is 0 Å². The molecule has 2 fully saturated rings. The fraction of sp³-hybridized carbons (Fsp3) is 0.900. The Morgan fingerprint density at radius 2 is 1.94 bits per heavy atom. The molecule has 0 aromatic carbocycles. The van der Waals surface area contributed by atoms with Crippen LogP contribution in [0.1, 0.15) is 19.3 Å². The molecule has 2 nitrogen and oxygen atoms in total. The van der Waals surface area contributed by atoms with Gasteiger partial charge in [0.2, 0.25) is 0 Å². The Morgan fingerprint density at radius 3 is 2.47 bits per heavy atom. The van der Waals surface area contributed by atoms with Gasteiger partial charge in [0, 0.05) is 6.42 Å². The molecule has 0 N–H and O–H groups in total. The Labute approximate surface area is 100 Å². The van der Waals surface area contributed by atoms with Gasteiger partial charge in [0.25, 0.3) is 0 Å². The Kier molecular flexibility index (Phi) is 3.04. The average Bonchev–Trinajstić information content (AvgIpc) is 2.49. The summed E-state index contributed by atoms with van der Waals surface area (Å²) in [6.45, 7) is 0.0456. The molecule has 0 amide bonds. The molecule has 1 heterocycles. The molecule has 7 heteroatoms. The number of alkyl halides is 5. The zero-order valence-electron chi connectivity index (χ0n) is 8.77. The van der Waals surface area contributed by atoms with E-state index in [0.29, 0.717) is 6.42 Å². The summed E-state index contributed by atoms with van der Waals surface area (Å²) in [6.07, 6.45) is -0.360. The van der Waals surface area contributed by atoms with Gasteiger partial charge >= 0.3 is 17.3 Å². The molecule has 2 rings (SSSR count). The van der Waals surface area contributed by atoms with Crippen LogP contribution in [0, 0.1) is 17.8 Å². The third kappa shape index (κ3) is 2.37. The standard InChI is InChI=1S/C10H11ClF4O2/c11-10(14,15)9(12,13)3-6-1-5-2-7(6)4-17-8(5)16/h5-7H,1-4H2/t5-,6+,7+/m1/s1. The number of hydrogen-bond acceptors (Lipinski definition) is 2. The van der Waals surface area contributed by atoms with Crippen molar-refractivity contribution in [3.05, 3.63) is 0 Å². The van der Waals surface area contributed by atoms with Crippen LogP contribution in [0.25, 0.3) is 0 Å².